The van der Waals surface area contributed by atoms with Crippen molar-refractivity contribution < 1.29 is 4.79 Å². The van der Waals surface area contributed by atoms with Crippen LogP contribution in [-0.2, 0) is 13.0 Å². The SMILES string of the molecule is CN(C)CCN(C)C(=O)c1ccc(-c2c[nH]c3ncc(-c4ccc5c(c4)CCN(C)C5)cc23)cc1. The zero-order chi connectivity index (χ0) is 24.5. The average molecular weight is 468 g/mol. The van der Waals surface area contributed by atoms with Crippen LogP contribution in [0.1, 0.15) is 21.5 Å². The number of aromatic nitrogens is 2. The zero-order valence-electron chi connectivity index (χ0n) is 21.0. The van der Waals surface area contributed by atoms with Crippen LogP contribution in [0, 0.1) is 0 Å². The second-order valence-electron chi connectivity index (χ2n) is 9.90. The van der Waals surface area contributed by atoms with Crippen molar-refractivity contribution in [1.29, 1.82) is 0 Å². The fraction of sp³-hybridized carbons (Fsp3) is 0.310. The highest BCUT2D eigenvalue weighted by Crippen LogP contribution is 2.32. The Morgan fingerprint density at radius 1 is 0.971 bits per heavy atom. The molecule has 0 unspecified atom stereocenters. The number of aromatic amines is 1. The first-order valence-corrected chi connectivity index (χ1v) is 12.2. The van der Waals surface area contributed by atoms with Gasteiger partial charge >= 0.3 is 0 Å². The van der Waals surface area contributed by atoms with Crippen LogP contribution in [0.3, 0.4) is 0 Å². The predicted molar refractivity (Wildman–Crippen MR) is 143 cm³/mol. The van der Waals surface area contributed by atoms with Crippen LogP contribution in [-0.4, -0.2) is 78.4 Å². The summed E-state index contributed by atoms with van der Waals surface area (Å²) in [5.41, 5.74) is 8.91. The molecule has 5 rings (SSSR count). The third-order valence-electron chi connectivity index (χ3n) is 6.95. The van der Waals surface area contributed by atoms with E-state index in [-0.39, 0.29) is 5.91 Å². The third-order valence-corrected chi connectivity index (χ3v) is 6.95. The lowest BCUT2D eigenvalue weighted by atomic mass is 9.94. The number of carbonyl (C=O) groups is 1. The number of hydrogen-bond donors (Lipinski definition) is 1. The predicted octanol–water partition coefficient (Wildman–Crippen LogP) is 4.52. The number of nitrogens with zero attached hydrogens (tertiary/aromatic N) is 4. The van der Waals surface area contributed by atoms with E-state index in [1.165, 1.54) is 16.7 Å². The van der Waals surface area contributed by atoms with Gasteiger partial charge in [-0.25, -0.2) is 4.98 Å². The molecule has 0 saturated heterocycles. The lowest BCUT2D eigenvalue weighted by molar-refractivity contribution is 0.0786. The van der Waals surface area contributed by atoms with E-state index in [9.17, 15) is 4.79 Å². The Morgan fingerprint density at radius 2 is 1.74 bits per heavy atom. The highest BCUT2D eigenvalue weighted by molar-refractivity contribution is 5.98. The van der Waals surface area contributed by atoms with Crippen molar-refractivity contribution in [2.24, 2.45) is 0 Å². The quantitative estimate of drug-likeness (QED) is 0.453. The summed E-state index contributed by atoms with van der Waals surface area (Å²) in [6.45, 7) is 3.65. The molecule has 180 valence electrons. The lowest BCUT2D eigenvalue weighted by Crippen LogP contribution is -2.33. The third kappa shape index (κ3) is 4.85. The molecule has 1 aliphatic rings. The Labute approximate surface area is 207 Å². The summed E-state index contributed by atoms with van der Waals surface area (Å²) in [6, 6.07) is 16.9. The van der Waals surface area contributed by atoms with Crippen LogP contribution in [0.4, 0.5) is 0 Å². The molecule has 0 bridgehead atoms. The van der Waals surface area contributed by atoms with Crippen molar-refractivity contribution in [2.45, 2.75) is 13.0 Å². The van der Waals surface area contributed by atoms with Crippen LogP contribution in [0.2, 0.25) is 0 Å². The summed E-state index contributed by atoms with van der Waals surface area (Å²) < 4.78 is 0. The molecule has 2 aromatic carbocycles. The number of pyridine rings is 1. The van der Waals surface area contributed by atoms with Crippen LogP contribution in [0.25, 0.3) is 33.3 Å². The van der Waals surface area contributed by atoms with E-state index in [0.29, 0.717) is 12.1 Å². The van der Waals surface area contributed by atoms with Crippen molar-refractivity contribution in [3.8, 4) is 22.3 Å². The molecule has 4 aromatic rings. The van der Waals surface area contributed by atoms with Crippen LogP contribution in [0.15, 0.2) is 60.9 Å². The number of fused-ring (bicyclic) bond motifs is 2. The maximum absolute atomic E-state index is 12.8. The number of H-pyrrole nitrogens is 1. The number of nitrogens with one attached hydrogen (secondary N) is 1. The lowest BCUT2D eigenvalue weighted by Gasteiger charge is -2.25. The molecule has 1 aliphatic heterocycles. The molecular weight excluding hydrogens is 434 g/mol. The first kappa shape index (κ1) is 23.3. The van der Waals surface area contributed by atoms with Crippen LogP contribution < -0.4 is 0 Å². The van der Waals surface area contributed by atoms with Gasteiger partial charge in [-0.2, -0.15) is 0 Å². The van der Waals surface area contributed by atoms with Crippen molar-refractivity contribution in [1.82, 2.24) is 24.7 Å². The van der Waals surface area contributed by atoms with Gasteiger partial charge in [-0.15, -0.1) is 0 Å². The largest absolute Gasteiger partial charge is 0.346 e. The van der Waals surface area contributed by atoms with Gasteiger partial charge in [0, 0.05) is 67.7 Å². The maximum Gasteiger partial charge on any atom is 0.253 e. The van der Waals surface area contributed by atoms with E-state index >= 15 is 0 Å². The summed E-state index contributed by atoms with van der Waals surface area (Å²) in [4.78, 5) is 27.0. The molecule has 0 saturated carbocycles. The topological polar surface area (TPSA) is 55.5 Å². The normalized spacial score (nSPS) is 13.9. The van der Waals surface area contributed by atoms with E-state index in [1.54, 1.807) is 4.90 Å². The summed E-state index contributed by atoms with van der Waals surface area (Å²) >= 11 is 0. The van der Waals surface area contributed by atoms with E-state index in [0.717, 1.165) is 53.8 Å². The van der Waals surface area contributed by atoms with Crippen molar-refractivity contribution in [2.75, 3.05) is 47.8 Å². The van der Waals surface area contributed by atoms with Gasteiger partial charge < -0.3 is 19.7 Å². The molecule has 35 heavy (non-hydrogen) atoms. The fourth-order valence-corrected chi connectivity index (χ4v) is 4.74. The first-order valence-electron chi connectivity index (χ1n) is 12.2. The number of likely N-dealkylation sites (N-methyl/N-ethyl adjacent to an activating group) is 3. The molecular formula is C29H33N5O. The Kier molecular flexibility index (Phi) is 6.41. The van der Waals surface area contributed by atoms with Gasteiger partial charge in [0.05, 0.1) is 0 Å². The Morgan fingerprint density at radius 3 is 2.51 bits per heavy atom. The highest BCUT2D eigenvalue weighted by atomic mass is 16.2. The molecule has 6 heteroatoms. The second kappa shape index (κ2) is 9.64. The summed E-state index contributed by atoms with van der Waals surface area (Å²) in [7, 11) is 8.05. The summed E-state index contributed by atoms with van der Waals surface area (Å²) in [5, 5.41) is 1.09. The van der Waals surface area contributed by atoms with Gasteiger partial charge in [-0.3, -0.25) is 4.79 Å². The standard InChI is InChI=1S/C29H33N5O/c1-32(2)13-14-34(4)29(35)21-7-5-20(6-8-21)27-18-31-28-26(27)16-25(17-30-28)22-9-10-24-19-33(3)12-11-23(24)15-22/h5-10,15-18H,11-14,19H2,1-4H3,(H,30,31). The van der Waals surface area contributed by atoms with Gasteiger partial charge in [0.15, 0.2) is 0 Å². The van der Waals surface area contributed by atoms with Crippen molar-refractivity contribution >= 4 is 16.9 Å². The van der Waals surface area contributed by atoms with Gasteiger partial charge in [0.1, 0.15) is 5.65 Å². The average Bonchev–Trinajstić information content (AvgIpc) is 3.30. The molecule has 2 aromatic heterocycles. The van der Waals surface area contributed by atoms with Crippen LogP contribution >= 0.6 is 0 Å². The van der Waals surface area contributed by atoms with Gasteiger partial charge in [0.25, 0.3) is 5.91 Å². The maximum atomic E-state index is 12.8. The van der Waals surface area contributed by atoms with Gasteiger partial charge in [-0.05, 0) is 68.0 Å². The Bertz CT molecular complexity index is 1360. The smallest absolute Gasteiger partial charge is 0.253 e. The highest BCUT2D eigenvalue weighted by Gasteiger charge is 2.16. The van der Waals surface area contributed by atoms with Gasteiger partial charge in [-0.1, -0.05) is 30.3 Å². The minimum absolute atomic E-state index is 0.0416. The molecule has 0 aliphatic carbocycles. The van der Waals surface area contributed by atoms with E-state index < -0.39 is 0 Å². The number of hydrogen-bond acceptors (Lipinski definition) is 4. The number of benzene rings is 2. The molecule has 0 spiro atoms. The minimum Gasteiger partial charge on any atom is -0.346 e. The molecule has 3 heterocycles. The number of rotatable bonds is 6. The molecule has 0 fully saturated rings. The zero-order valence-corrected chi connectivity index (χ0v) is 21.0. The molecule has 1 amide bonds. The number of amides is 1. The molecule has 0 radical (unpaired) electrons. The van der Waals surface area contributed by atoms with Crippen LogP contribution in [0.5, 0.6) is 0 Å². The van der Waals surface area contributed by atoms with Crippen molar-refractivity contribution in [3.63, 3.8) is 0 Å². The summed E-state index contributed by atoms with van der Waals surface area (Å²) in [5.74, 6) is 0.0416. The molecule has 0 atom stereocenters. The molecule has 6 nitrogen and oxygen atoms in total. The van der Waals surface area contributed by atoms with Crippen molar-refractivity contribution in [3.05, 3.63) is 77.6 Å². The molecule has 1 N–H and O–H groups in total. The second-order valence-corrected chi connectivity index (χ2v) is 9.90. The Hall–Kier alpha value is -3.48. The summed E-state index contributed by atoms with van der Waals surface area (Å²) in [6.07, 6.45) is 5.04. The Balaban J connectivity index is 1.41. The number of carbonyl (C=O) groups excluding carboxylic acids is 1. The van der Waals surface area contributed by atoms with E-state index in [1.807, 2.05) is 57.8 Å². The monoisotopic (exact) mass is 467 g/mol. The van der Waals surface area contributed by atoms with E-state index in [4.69, 9.17) is 4.98 Å². The minimum atomic E-state index is 0.0416. The van der Waals surface area contributed by atoms with E-state index in [2.05, 4.69) is 46.1 Å². The fourth-order valence-electron chi connectivity index (χ4n) is 4.74. The first-order chi connectivity index (χ1) is 16.9. The van der Waals surface area contributed by atoms with Gasteiger partial charge in [0.2, 0.25) is 0 Å².